The number of terminal acetylenes is 2. The SMILES string of the molecule is C#CC(=O)C1NC(C(=O)C#C)N(COC(=O)C(C)(C)C)c2nc(C#Cc3ccc(OC)c(OC)c3)n(C)c21. The predicted molar refractivity (Wildman–Crippen MR) is 139 cm³/mol. The van der Waals surface area contributed by atoms with Crippen molar-refractivity contribution in [2.75, 3.05) is 25.9 Å². The monoisotopic (exact) mass is 516 g/mol. The van der Waals surface area contributed by atoms with Crippen molar-refractivity contribution in [2.24, 2.45) is 12.5 Å². The number of benzene rings is 1. The van der Waals surface area contributed by atoms with E-state index in [9.17, 15) is 14.4 Å². The smallest absolute Gasteiger partial charge is 0.312 e. The molecule has 0 bridgehead atoms. The average molecular weight is 517 g/mol. The first-order chi connectivity index (χ1) is 18.0. The summed E-state index contributed by atoms with van der Waals surface area (Å²) in [6.07, 6.45) is 9.58. The molecule has 2 aromatic rings. The van der Waals surface area contributed by atoms with Gasteiger partial charge in [-0.05, 0) is 56.7 Å². The van der Waals surface area contributed by atoms with Gasteiger partial charge in [0.15, 0.2) is 36.0 Å². The molecule has 0 aliphatic carbocycles. The molecular weight excluding hydrogens is 488 g/mol. The summed E-state index contributed by atoms with van der Waals surface area (Å²) in [5.74, 6) is 9.80. The number of aromatic nitrogens is 2. The van der Waals surface area contributed by atoms with Crippen molar-refractivity contribution in [2.45, 2.75) is 33.0 Å². The second-order valence-electron chi connectivity index (χ2n) is 9.32. The molecule has 1 aromatic heterocycles. The summed E-state index contributed by atoms with van der Waals surface area (Å²) in [5, 5.41) is 2.89. The van der Waals surface area contributed by atoms with Gasteiger partial charge in [0, 0.05) is 12.6 Å². The highest BCUT2D eigenvalue weighted by Crippen LogP contribution is 2.34. The van der Waals surface area contributed by atoms with Gasteiger partial charge in [0.25, 0.3) is 0 Å². The number of nitrogens with zero attached hydrogens (tertiary/aromatic N) is 3. The summed E-state index contributed by atoms with van der Waals surface area (Å²) in [7, 11) is 4.71. The number of carbonyl (C=O) groups excluding carboxylic acids is 3. The Morgan fingerprint density at radius 3 is 2.29 bits per heavy atom. The van der Waals surface area contributed by atoms with E-state index in [0.717, 1.165) is 0 Å². The van der Waals surface area contributed by atoms with Crippen LogP contribution >= 0.6 is 0 Å². The first-order valence-electron chi connectivity index (χ1n) is 11.5. The first kappa shape index (κ1) is 27.9. The Bertz CT molecular complexity index is 1420. The number of hydrogen-bond donors (Lipinski definition) is 1. The van der Waals surface area contributed by atoms with Crippen LogP contribution in [0.1, 0.15) is 43.9 Å². The minimum atomic E-state index is -1.22. The largest absolute Gasteiger partial charge is 0.493 e. The molecule has 1 aliphatic heterocycles. The van der Waals surface area contributed by atoms with Gasteiger partial charge in [-0.2, -0.15) is 0 Å². The van der Waals surface area contributed by atoms with E-state index in [1.165, 1.54) is 19.1 Å². The van der Waals surface area contributed by atoms with E-state index in [1.54, 1.807) is 50.6 Å². The Balaban J connectivity index is 2.12. The number of fused-ring (bicyclic) bond motifs is 1. The fourth-order valence-corrected chi connectivity index (χ4v) is 3.69. The topological polar surface area (TPSA) is 112 Å². The maximum atomic E-state index is 12.7. The quantitative estimate of drug-likeness (QED) is 0.347. The third-order valence-corrected chi connectivity index (χ3v) is 5.75. The van der Waals surface area contributed by atoms with Crippen molar-refractivity contribution in [3.8, 4) is 48.0 Å². The molecule has 1 aromatic carbocycles. The van der Waals surface area contributed by atoms with Gasteiger partial charge in [-0.15, -0.1) is 12.8 Å². The van der Waals surface area contributed by atoms with Crippen molar-refractivity contribution in [1.82, 2.24) is 14.9 Å². The molecule has 0 saturated heterocycles. The van der Waals surface area contributed by atoms with Crippen LogP contribution in [0.3, 0.4) is 0 Å². The molecule has 0 fully saturated rings. The van der Waals surface area contributed by atoms with Crippen molar-refractivity contribution in [3.05, 3.63) is 35.3 Å². The zero-order valence-electron chi connectivity index (χ0n) is 22.0. The Labute approximate surface area is 221 Å². The summed E-state index contributed by atoms with van der Waals surface area (Å²) in [5.41, 5.74) is 0.173. The number of nitrogens with one attached hydrogen (secondary N) is 1. The summed E-state index contributed by atoms with van der Waals surface area (Å²) in [4.78, 5) is 43.8. The lowest BCUT2D eigenvalue weighted by atomic mass is 9.97. The summed E-state index contributed by atoms with van der Waals surface area (Å²) >= 11 is 0. The van der Waals surface area contributed by atoms with Crippen LogP contribution in [-0.2, 0) is 26.2 Å². The minimum absolute atomic E-state index is 0.187. The molecule has 3 rings (SSSR count). The Morgan fingerprint density at radius 2 is 1.71 bits per heavy atom. The molecule has 2 heterocycles. The highest BCUT2D eigenvalue weighted by atomic mass is 16.5. The molecule has 196 valence electrons. The number of carbonyl (C=O) groups is 3. The van der Waals surface area contributed by atoms with E-state index in [4.69, 9.17) is 27.1 Å². The molecule has 0 saturated carbocycles. The van der Waals surface area contributed by atoms with Crippen LogP contribution in [0.4, 0.5) is 5.82 Å². The van der Waals surface area contributed by atoms with E-state index in [2.05, 4.69) is 28.1 Å². The lowest BCUT2D eigenvalue weighted by molar-refractivity contribution is -0.153. The molecule has 2 atom stereocenters. The summed E-state index contributed by atoms with van der Waals surface area (Å²) in [6.45, 7) is 4.74. The normalized spacial score (nSPS) is 16.2. The van der Waals surface area contributed by atoms with E-state index in [-0.39, 0.29) is 18.4 Å². The molecule has 38 heavy (non-hydrogen) atoms. The van der Waals surface area contributed by atoms with Crippen LogP contribution < -0.4 is 19.7 Å². The van der Waals surface area contributed by atoms with Crippen LogP contribution in [-0.4, -0.2) is 54.2 Å². The molecule has 0 spiro atoms. The van der Waals surface area contributed by atoms with Gasteiger partial charge in [-0.1, -0.05) is 5.92 Å². The van der Waals surface area contributed by atoms with Gasteiger partial charge in [0.1, 0.15) is 6.04 Å². The van der Waals surface area contributed by atoms with Gasteiger partial charge in [0.2, 0.25) is 11.6 Å². The van der Waals surface area contributed by atoms with Gasteiger partial charge in [0.05, 0.1) is 25.3 Å². The van der Waals surface area contributed by atoms with Crippen molar-refractivity contribution in [3.63, 3.8) is 0 Å². The number of ether oxygens (including phenoxy) is 3. The molecule has 10 heteroatoms. The van der Waals surface area contributed by atoms with E-state index >= 15 is 0 Å². The van der Waals surface area contributed by atoms with Crippen molar-refractivity contribution < 1.29 is 28.6 Å². The van der Waals surface area contributed by atoms with Crippen molar-refractivity contribution >= 4 is 23.4 Å². The average Bonchev–Trinajstić information content (AvgIpc) is 3.24. The number of anilines is 1. The first-order valence-corrected chi connectivity index (χ1v) is 11.5. The van der Waals surface area contributed by atoms with E-state index in [0.29, 0.717) is 22.8 Å². The lowest BCUT2D eigenvalue weighted by Crippen LogP contribution is -2.58. The number of Topliss-reactive ketones (excluding diaryl/α,β-unsaturated/α-hetero) is 2. The van der Waals surface area contributed by atoms with E-state index in [1.807, 2.05) is 5.92 Å². The Hall–Kier alpha value is -4.72. The number of esters is 1. The number of imidazole rings is 1. The molecule has 0 amide bonds. The zero-order chi connectivity index (χ0) is 28.2. The van der Waals surface area contributed by atoms with Gasteiger partial charge in [-0.25, -0.2) is 4.98 Å². The number of rotatable bonds is 6. The second-order valence-corrected chi connectivity index (χ2v) is 9.32. The zero-order valence-corrected chi connectivity index (χ0v) is 22.0. The highest BCUT2D eigenvalue weighted by molar-refractivity contribution is 6.04. The maximum absolute atomic E-state index is 12.7. The van der Waals surface area contributed by atoms with Gasteiger partial charge in [-0.3, -0.25) is 24.6 Å². The minimum Gasteiger partial charge on any atom is -0.493 e. The van der Waals surface area contributed by atoms with Gasteiger partial charge >= 0.3 is 5.97 Å². The van der Waals surface area contributed by atoms with Crippen LogP contribution in [0.25, 0.3) is 0 Å². The lowest BCUT2D eigenvalue weighted by Gasteiger charge is -2.38. The number of methoxy groups -OCH3 is 2. The molecule has 10 nitrogen and oxygen atoms in total. The Morgan fingerprint density at radius 1 is 1.05 bits per heavy atom. The fraction of sp³-hybridized carbons (Fsp3) is 0.357. The molecule has 1 N–H and O–H groups in total. The van der Waals surface area contributed by atoms with E-state index < -0.39 is 35.2 Å². The van der Waals surface area contributed by atoms with Crippen LogP contribution in [0.15, 0.2) is 18.2 Å². The molecule has 1 aliphatic rings. The number of ketones is 2. The molecular formula is C28H28N4O6. The molecule has 2 unspecified atom stereocenters. The fourth-order valence-electron chi connectivity index (χ4n) is 3.69. The van der Waals surface area contributed by atoms with Crippen molar-refractivity contribution in [1.29, 1.82) is 0 Å². The summed E-state index contributed by atoms with van der Waals surface area (Å²) in [6, 6.07) is 4.09. The van der Waals surface area contributed by atoms with Crippen LogP contribution in [0.2, 0.25) is 0 Å². The Kier molecular flexibility index (Phi) is 8.16. The van der Waals surface area contributed by atoms with Gasteiger partial charge < -0.3 is 18.8 Å². The third-order valence-electron chi connectivity index (χ3n) is 5.75. The molecule has 0 radical (unpaired) electrons. The highest BCUT2D eigenvalue weighted by Gasteiger charge is 2.42. The van der Waals surface area contributed by atoms with Crippen LogP contribution in [0.5, 0.6) is 11.5 Å². The summed E-state index contributed by atoms with van der Waals surface area (Å²) < 4.78 is 17.6. The number of hydrogen-bond acceptors (Lipinski definition) is 9. The third kappa shape index (κ3) is 5.49. The van der Waals surface area contributed by atoms with Crippen LogP contribution in [0, 0.1) is 41.9 Å². The second kappa shape index (κ2) is 11.1. The maximum Gasteiger partial charge on any atom is 0.312 e. The predicted octanol–water partition coefficient (Wildman–Crippen LogP) is 1.57. The standard InChI is InChI=1S/C28H28N4O6/c1-9-18(33)23-24-26(32(25(30-23)19(34)10-2)16-38-27(35)28(3,4)5)29-22(31(24)6)14-12-17-11-13-20(36-7)21(15-17)37-8/h1-2,11,13,15,23,25,30H,16H2,3-8H3.